The summed E-state index contributed by atoms with van der Waals surface area (Å²) in [7, 11) is 1.12. The minimum atomic E-state index is -2.67. The Kier molecular flexibility index (Phi) is 7.32. The summed E-state index contributed by atoms with van der Waals surface area (Å²) in [6, 6.07) is 7.78. The molecule has 4 atom stereocenters. The average Bonchev–Trinajstić information content (AvgIpc) is 2.97. The van der Waals surface area contributed by atoms with Gasteiger partial charge in [0.15, 0.2) is 17.4 Å². The van der Waals surface area contributed by atoms with E-state index in [9.17, 15) is 49.5 Å². The number of nitrogens with one attached hydrogen (secondary N) is 1. The smallest absolute Gasteiger partial charge is 0.330 e. The standard InChI is InChI=1S/C30H28N2O11/c1-43-29(41)18(11-33)32-28(40)13-4-2-3-12(7-13)16-5-6-19(34)22-17(16)9-14-8-15-10-20(35)23(27(31)39)26(38)30(15,42)25(37)21(14)24(22)36/h2-7,14-15,18,33-34,36,38,42H,8-11H2,1H3,(H2,31,39)(H,32,40)/t14-,15+,18?,30+/m1/s1. The molecule has 1 unspecified atom stereocenters. The van der Waals surface area contributed by atoms with E-state index in [2.05, 4.69) is 10.1 Å². The van der Waals surface area contributed by atoms with Crippen molar-refractivity contribution in [1.82, 2.24) is 5.32 Å². The van der Waals surface area contributed by atoms with E-state index >= 15 is 0 Å². The normalized spacial score (nSPS) is 23.6. The van der Waals surface area contributed by atoms with Gasteiger partial charge in [-0.2, -0.15) is 0 Å². The van der Waals surface area contributed by atoms with Gasteiger partial charge in [0, 0.05) is 23.5 Å². The minimum absolute atomic E-state index is 0.0312. The van der Waals surface area contributed by atoms with E-state index in [1.54, 1.807) is 18.2 Å². The molecule has 3 aliphatic carbocycles. The maximum Gasteiger partial charge on any atom is 0.330 e. The molecule has 2 aromatic rings. The van der Waals surface area contributed by atoms with Crippen LogP contribution in [0.15, 0.2) is 53.3 Å². The Labute approximate surface area is 243 Å². The first-order valence-electron chi connectivity index (χ1n) is 13.3. The Hall–Kier alpha value is -5.01. The number of phenols is 1. The lowest BCUT2D eigenvalue weighted by molar-refractivity contribution is -0.147. The van der Waals surface area contributed by atoms with Gasteiger partial charge >= 0.3 is 5.97 Å². The summed E-state index contributed by atoms with van der Waals surface area (Å²) in [5, 5.41) is 56.0. The van der Waals surface area contributed by atoms with Crippen molar-refractivity contribution < 1.29 is 54.2 Å². The van der Waals surface area contributed by atoms with E-state index < -0.39 is 82.9 Å². The number of amides is 2. The largest absolute Gasteiger partial charge is 0.508 e. The van der Waals surface area contributed by atoms with Gasteiger partial charge in [-0.05, 0) is 53.6 Å². The Balaban J connectivity index is 1.58. The number of nitrogens with two attached hydrogens (primary N) is 1. The molecule has 224 valence electrons. The zero-order valence-electron chi connectivity index (χ0n) is 22.8. The lowest BCUT2D eigenvalue weighted by atomic mass is 9.59. The van der Waals surface area contributed by atoms with Crippen LogP contribution in [0.25, 0.3) is 16.9 Å². The molecule has 5 rings (SSSR count). The first-order chi connectivity index (χ1) is 20.3. The van der Waals surface area contributed by atoms with Gasteiger partial charge in [-0.15, -0.1) is 0 Å². The molecular formula is C30H28N2O11. The predicted octanol–water partition coefficient (Wildman–Crippen LogP) is 0.355. The predicted molar refractivity (Wildman–Crippen MR) is 147 cm³/mol. The van der Waals surface area contributed by atoms with Crippen LogP contribution in [0, 0.1) is 11.8 Å². The summed E-state index contributed by atoms with van der Waals surface area (Å²) in [6.45, 7) is -0.684. The summed E-state index contributed by atoms with van der Waals surface area (Å²) in [6.07, 6.45) is -0.396. The first-order valence-corrected chi connectivity index (χ1v) is 13.3. The maximum atomic E-state index is 13.7. The highest BCUT2D eigenvalue weighted by molar-refractivity contribution is 6.22. The molecule has 0 heterocycles. The molecule has 0 aliphatic heterocycles. The van der Waals surface area contributed by atoms with Crippen LogP contribution in [0.1, 0.15) is 34.3 Å². The fraction of sp³-hybridized carbons (Fsp3) is 0.300. The molecule has 0 radical (unpaired) electrons. The van der Waals surface area contributed by atoms with E-state index in [-0.39, 0.29) is 35.3 Å². The average molecular weight is 593 g/mol. The van der Waals surface area contributed by atoms with Gasteiger partial charge in [0.2, 0.25) is 5.78 Å². The van der Waals surface area contributed by atoms with Crippen molar-refractivity contribution in [3.05, 3.63) is 70.0 Å². The van der Waals surface area contributed by atoms with Gasteiger partial charge in [0.1, 0.15) is 22.8 Å². The number of methoxy groups -OCH3 is 1. The number of fused-ring (bicyclic) bond motifs is 3. The highest BCUT2D eigenvalue weighted by atomic mass is 16.5. The molecular weight excluding hydrogens is 564 g/mol. The second kappa shape index (κ2) is 10.7. The second-order valence-corrected chi connectivity index (χ2v) is 10.7. The van der Waals surface area contributed by atoms with Crippen LogP contribution in [-0.4, -0.2) is 80.2 Å². The van der Waals surface area contributed by atoms with Gasteiger partial charge < -0.3 is 41.3 Å². The van der Waals surface area contributed by atoms with Crippen molar-refractivity contribution in [2.75, 3.05) is 13.7 Å². The molecule has 13 heteroatoms. The van der Waals surface area contributed by atoms with Crippen molar-refractivity contribution >= 4 is 35.1 Å². The number of esters is 1. The number of ketones is 2. The highest BCUT2D eigenvalue weighted by Gasteiger charge is 2.60. The number of hydrogen-bond acceptors (Lipinski definition) is 11. The number of benzene rings is 2. The van der Waals surface area contributed by atoms with Crippen LogP contribution in [-0.2, 0) is 30.3 Å². The maximum absolute atomic E-state index is 13.7. The van der Waals surface area contributed by atoms with Crippen LogP contribution in [0.5, 0.6) is 5.75 Å². The fourth-order valence-corrected chi connectivity index (χ4v) is 6.28. The third-order valence-corrected chi connectivity index (χ3v) is 8.36. The van der Waals surface area contributed by atoms with E-state index in [1.165, 1.54) is 18.2 Å². The van der Waals surface area contributed by atoms with E-state index in [0.717, 1.165) is 7.11 Å². The molecule has 2 aromatic carbocycles. The zero-order valence-corrected chi connectivity index (χ0v) is 22.8. The number of ether oxygens (including phenoxy) is 1. The molecule has 3 aliphatic rings. The molecule has 8 N–H and O–H groups in total. The molecule has 43 heavy (non-hydrogen) atoms. The van der Waals surface area contributed by atoms with Crippen molar-refractivity contribution in [3.8, 4) is 16.9 Å². The first kappa shape index (κ1) is 29.5. The number of carbonyl (C=O) groups is 5. The number of Topliss-reactive ketones (excluding diaryl/α,β-unsaturated/α-hetero) is 2. The van der Waals surface area contributed by atoms with Crippen molar-refractivity contribution in [2.45, 2.75) is 30.9 Å². The summed E-state index contributed by atoms with van der Waals surface area (Å²) in [4.78, 5) is 62.7. The number of aromatic hydroxyl groups is 1. The van der Waals surface area contributed by atoms with Gasteiger partial charge in [-0.25, -0.2) is 4.79 Å². The monoisotopic (exact) mass is 592 g/mol. The lowest BCUT2D eigenvalue weighted by Gasteiger charge is -2.46. The second-order valence-electron chi connectivity index (χ2n) is 10.7. The van der Waals surface area contributed by atoms with Crippen molar-refractivity contribution in [1.29, 1.82) is 0 Å². The zero-order chi connectivity index (χ0) is 31.4. The van der Waals surface area contributed by atoms with Crippen LogP contribution in [0.3, 0.4) is 0 Å². The van der Waals surface area contributed by atoms with Gasteiger partial charge in [0.05, 0.1) is 19.3 Å². The van der Waals surface area contributed by atoms with Crippen molar-refractivity contribution in [2.24, 2.45) is 17.6 Å². The molecule has 1 saturated carbocycles. The number of rotatable bonds is 6. The Morgan fingerprint density at radius 3 is 2.49 bits per heavy atom. The Bertz CT molecular complexity index is 1670. The van der Waals surface area contributed by atoms with E-state index in [4.69, 9.17) is 5.73 Å². The summed E-state index contributed by atoms with van der Waals surface area (Å²) in [5.74, 6) is -8.74. The quantitative estimate of drug-likeness (QED) is 0.179. The number of primary amides is 1. The summed E-state index contributed by atoms with van der Waals surface area (Å²) in [5.41, 5.74) is 2.85. The SMILES string of the molecule is COC(=O)C(CO)NC(=O)c1cccc(-c2ccc(O)c3c2C[C@H]2C[C@H]4CC(=O)C(C(N)=O)=C(O)[C@@]4(O)C(=O)C2=C3O)c1. The summed E-state index contributed by atoms with van der Waals surface area (Å²) >= 11 is 0. The number of aliphatic hydroxyl groups excluding tert-OH is 3. The number of carbonyl (C=O) groups excluding carboxylic acids is 5. The van der Waals surface area contributed by atoms with Crippen LogP contribution in [0.2, 0.25) is 0 Å². The number of aliphatic hydroxyl groups is 4. The molecule has 0 saturated heterocycles. The highest BCUT2D eigenvalue weighted by Crippen LogP contribution is 2.53. The number of hydrogen-bond donors (Lipinski definition) is 7. The minimum Gasteiger partial charge on any atom is -0.508 e. The molecule has 0 bridgehead atoms. The molecule has 0 aromatic heterocycles. The molecule has 13 nitrogen and oxygen atoms in total. The van der Waals surface area contributed by atoms with Crippen LogP contribution in [0.4, 0.5) is 0 Å². The van der Waals surface area contributed by atoms with E-state index in [1.807, 2.05) is 0 Å². The lowest BCUT2D eigenvalue weighted by Crippen LogP contribution is -2.58. The van der Waals surface area contributed by atoms with Gasteiger partial charge in [0.25, 0.3) is 11.8 Å². The topological polar surface area (TPSA) is 234 Å². The van der Waals surface area contributed by atoms with Crippen molar-refractivity contribution in [3.63, 3.8) is 0 Å². The third kappa shape index (κ3) is 4.53. The van der Waals surface area contributed by atoms with Gasteiger partial charge in [-0.1, -0.05) is 18.2 Å². The van der Waals surface area contributed by atoms with Gasteiger partial charge in [-0.3, -0.25) is 19.2 Å². The molecule has 2 amide bonds. The number of phenolic OH excluding ortho intramolecular Hbond substituents is 1. The Morgan fingerprint density at radius 2 is 1.84 bits per heavy atom. The third-order valence-electron chi connectivity index (χ3n) is 8.36. The van der Waals surface area contributed by atoms with E-state index in [0.29, 0.717) is 16.7 Å². The fourth-order valence-electron chi connectivity index (χ4n) is 6.28. The Morgan fingerprint density at radius 1 is 1.12 bits per heavy atom. The molecule has 0 spiro atoms. The summed E-state index contributed by atoms with van der Waals surface area (Å²) < 4.78 is 4.57. The molecule has 1 fully saturated rings. The van der Waals surface area contributed by atoms with Crippen LogP contribution >= 0.6 is 0 Å². The van der Waals surface area contributed by atoms with Crippen LogP contribution < -0.4 is 11.1 Å².